The first-order chi connectivity index (χ1) is 17.6. The van der Waals surface area contributed by atoms with E-state index in [1.807, 2.05) is 19.1 Å². The van der Waals surface area contributed by atoms with E-state index in [4.69, 9.17) is 23.2 Å². The molecule has 0 fully saturated rings. The van der Waals surface area contributed by atoms with Crippen LogP contribution >= 0.6 is 23.2 Å². The number of nitrogens with zero attached hydrogens (tertiary/aromatic N) is 1. The first-order valence-corrected chi connectivity index (χ1v) is 12.2. The predicted molar refractivity (Wildman–Crippen MR) is 142 cm³/mol. The van der Waals surface area contributed by atoms with Crippen molar-refractivity contribution in [3.8, 4) is 0 Å². The zero-order valence-electron chi connectivity index (χ0n) is 19.8. The highest BCUT2D eigenvalue weighted by Gasteiger charge is 2.31. The molecule has 0 saturated carbocycles. The number of amides is 4. The number of alkyl halides is 3. The number of nitrogens with one attached hydrogen (secondary N) is 3. The summed E-state index contributed by atoms with van der Waals surface area (Å²) in [5.74, 6) is 0. The second-order valence-electron chi connectivity index (χ2n) is 8.04. The van der Waals surface area contributed by atoms with Gasteiger partial charge < -0.3 is 16.0 Å². The first kappa shape index (κ1) is 28.1. The molecule has 0 aromatic heterocycles. The Balaban J connectivity index is 1.66. The normalized spacial score (nSPS) is 11.1. The van der Waals surface area contributed by atoms with Gasteiger partial charge in [-0.25, -0.2) is 9.59 Å². The average molecular weight is 553 g/mol. The fourth-order valence-corrected chi connectivity index (χ4v) is 3.70. The van der Waals surface area contributed by atoms with Crippen LogP contribution in [0, 0.1) is 0 Å². The molecule has 37 heavy (non-hydrogen) atoms. The van der Waals surface area contributed by atoms with Gasteiger partial charge in [0.15, 0.2) is 0 Å². The number of benzene rings is 3. The summed E-state index contributed by atoms with van der Waals surface area (Å²) in [5, 5.41) is 8.52. The van der Waals surface area contributed by atoms with E-state index in [1.54, 1.807) is 12.1 Å². The fraction of sp³-hybridized carbons (Fsp3) is 0.231. The largest absolute Gasteiger partial charge is 0.416 e. The molecule has 0 unspecified atom stereocenters. The molecule has 196 valence electrons. The van der Waals surface area contributed by atoms with Gasteiger partial charge in [-0.2, -0.15) is 13.2 Å². The molecule has 0 aliphatic carbocycles. The number of halogens is 5. The highest BCUT2D eigenvalue weighted by Crippen LogP contribution is 2.32. The predicted octanol–water partition coefficient (Wildman–Crippen LogP) is 7.82. The third kappa shape index (κ3) is 8.30. The van der Waals surface area contributed by atoms with Crippen LogP contribution in [-0.4, -0.2) is 25.2 Å². The van der Waals surface area contributed by atoms with Crippen molar-refractivity contribution < 1.29 is 22.8 Å². The van der Waals surface area contributed by atoms with E-state index in [9.17, 15) is 22.8 Å². The van der Waals surface area contributed by atoms with Crippen molar-refractivity contribution in [1.29, 1.82) is 0 Å². The molecule has 0 aliphatic heterocycles. The van der Waals surface area contributed by atoms with E-state index < -0.39 is 23.8 Å². The Kier molecular flexibility index (Phi) is 9.66. The lowest BCUT2D eigenvalue weighted by Gasteiger charge is -2.24. The van der Waals surface area contributed by atoms with Gasteiger partial charge in [0.25, 0.3) is 0 Å². The van der Waals surface area contributed by atoms with Crippen molar-refractivity contribution in [3.05, 3.63) is 87.9 Å². The van der Waals surface area contributed by atoms with Crippen molar-refractivity contribution in [2.45, 2.75) is 25.9 Å². The van der Waals surface area contributed by atoms with Crippen molar-refractivity contribution in [2.24, 2.45) is 0 Å². The molecule has 0 radical (unpaired) electrons. The molecule has 3 N–H and O–H groups in total. The van der Waals surface area contributed by atoms with E-state index in [2.05, 4.69) is 16.0 Å². The molecule has 0 bridgehead atoms. The summed E-state index contributed by atoms with van der Waals surface area (Å²) < 4.78 is 39.8. The molecule has 0 atom stereocenters. The maximum absolute atomic E-state index is 13.3. The molecule has 0 saturated heterocycles. The Morgan fingerprint density at radius 2 is 1.59 bits per heavy atom. The van der Waals surface area contributed by atoms with Gasteiger partial charge in [-0.3, -0.25) is 4.90 Å². The van der Waals surface area contributed by atoms with Crippen LogP contribution in [0.15, 0.2) is 66.7 Å². The lowest BCUT2D eigenvalue weighted by molar-refractivity contribution is -0.137. The van der Waals surface area contributed by atoms with Gasteiger partial charge in [-0.05, 0) is 66.9 Å². The summed E-state index contributed by atoms with van der Waals surface area (Å²) >= 11 is 11.9. The minimum absolute atomic E-state index is 0.0277. The minimum Gasteiger partial charge on any atom is -0.338 e. The van der Waals surface area contributed by atoms with Gasteiger partial charge in [0, 0.05) is 30.2 Å². The van der Waals surface area contributed by atoms with Crippen LogP contribution in [0.4, 0.5) is 39.8 Å². The maximum Gasteiger partial charge on any atom is 0.416 e. The summed E-state index contributed by atoms with van der Waals surface area (Å²) in [5.41, 5.74) is 1.25. The molecular weight excluding hydrogens is 528 g/mol. The van der Waals surface area contributed by atoms with E-state index in [-0.39, 0.29) is 30.2 Å². The summed E-state index contributed by atoms with van der Waals surface area (Å²) in [6.07, 6.45) is -3.42. The maximum atomic E-state index is 13.3. The number of anilines is 3. The van der Waals surface area contributed by atoms with Gasteiger partial charge >= 0.3 is 18.2 Å². The summed E-state index contributed by atoms with van der Waals surface area (Å²) in [6, 6.07) is 15.2. The quantitative estimate of drug-likeness (QED) is 0.249. The average Bonchev–Trinajstić information content (AvgIpc) is 2.86. The number of hydrogen-bond donors (Lipinski definition) is 3. The van der Waals surface area contributed by atoms with Crippen molar-refractivity contribution >= 4 is 52.3 Å². The Labute approximate surface area is 222 Å². The van der Waals surface area contributed by atoms with Crippen LogP contribution in [0.25, 0.3) is 0 Å². The Morgan fingerprint density at radius 3 is 2.24 bits per heavy atom. The molecular formula is C26H25Cl2F3N4O2. The van der Waals surface area contributed by atoms with E-state index >= 15 is 0 Å². The standard InChI is InChI=1S/C26H25Cl2F3N4O2/c1-2-17-7-9-19(10-8-17)33-24(36)32-13-4-14-35(21-6-3-5-18(15-21)26(29,30)31)25(37)34-20-11-12-22(27)23(28)16-20/h3,5-12,15-16H,2,4,13-14H2,1H3,(H,34,37)(H2,32,33,36). The SMILES string of the molecule is CCc1ccc(NC(=O)NCCCN(C(=O)Nc2ccc(Cl)c(Cl)c2)c2cccc(C(F)(F)F)c2)cc1. The molecule has 3 rings (SSSR count). The van der Waals surface area contributed by atoms with Crippen LogP contribution < -0.4 is 20.9 Å². The van der Waals surface area contributed by atoms with Crippen LogP contribution in [0.2, 0.25) is 10.0 Å². The van der Waals surface area contributed by atoms with Crippen LogP contribution in [0.5, 0.6) is 0 Å². The molecule has 0 aliphatic rings. The number of carbonyl (C=O) groups excluding carboxylic acids is 2. The highest BCUT2D eigenvalue weighted by molar-refractivity contribution is 6.42. The highest BCUT2D eigenvalue weighted by atomic mass is 35.5. The van der Waals surface area contributed by atoms with Gasteiger partial charge in [0.05, 0.1) is 15.6 Å². The number of aryl methyl sites for hydroxylation is 1. The van der Waals surface area contributed by atoms with Crippen molar-refractivity contribution in [2.75, 3.05) is 28.6 Å². The molecule has 3 aromatic rings. The van der Waals surface area contributed by atoms with E-state index in [0.29, 0.717) is 16.4 Å². The summed E-state index contributed by atoms with van der Waals surface area (Å²) in [6.45, 7) is 2.23. The second-order valence-corrected chi connectivity index (χ2v) is 8.86. The smallest absolute Gasteiger partial charge is 0.338 e. The summed E-state index contributed by atoms with van der Waals surface area (Å²) in [4.78, 5) is 26.4. The topological polar surface area (TPSA) is 73.5 Å². The van der Waals surface area contributed by atoms with Crippen LogP contribution in [0.1, 0.15) is 24.5 Å². The van der Waals surface area contributed by atoms with E-state index in [0.717, 1.165) is 24.1 Å². The van der Waals surface area contributed by atoms with Gasteiger partial charge in [-0.1, -0.05) is 48.3 Å². The Bertz CT molecular complexity index is 1240. The number of carbonyl (C=O) groups is 2. The number of rotatable bonds is 8. The molecule has 0 heterocycles. The minimum atomic E-state index is -4.57. The first-order valence-electron chi connectivity index (χ1n) is 11.4. The monoisotopic (exact) mass is 552 g/mol. The van der Waals surface area contributed by atoms with Crippen LogP contribution in [-0.2, 0) is 12.6 Å². The van der Waals surface area contributed by atoms with E-state index in [1.165, 1.54) is 35.2 Å². The molecule has 0 spiro atoms. The third-order valence-electron chi connectivity index (χ3n) is 5.37. The number of urea groups is 2. The Hall–Kier alpha value is -3.43. The molecule has 4 amide bonds. The van der Waals surface area contributed by atoms with Gasteiger partial charge in [0.2, 0.25) is 0 Å². The van der Waals surface area contributed by atoms with Crippen molar-refractivity contribution in [1.82, 2.24) is 5.32 Å². The Morgan fingerprint density at radius 1 is 0.892 bits per heavy atom. The molecule has 11 heteroatoms. The van der Waals surface area contributed by atoms with Crippen molar-refractivity contribution in [3.63, 3.8) is 0 Å². The fourth-order valence-electron chi connectivity index (χ4n) is 3.40. The van der Waals surface area contributed by atoms with Crippen LogP contribution in [0.3, 0.4) is 0 Å². The van der Waals surface area contributed by atoms with Gasteiger partial charge in [-0.15, -0.1) is 0 Å². The second kappa shape index (κ2) is 12.7. The zero-order chi connectivity index (χ0) is 27.0. The third-order valence-corrected chi connectivity index (χ3v) is 6.10. The lowest BCUT2D eigenvalue weighted by atomic mass is 10.1. The molecule has 3 aromatic carbocycles. The molecule has 6 nitrogen and oxygen atoms in total. The van der Waals surface area contributed by atoms with Gasteiger partial charge in [0.1, 0.15) is 0 Å². The summed E-state index contributed by atoms with van der Waals surface area (Å²) in [7, 11) is 0. The zero-order valence-corrected chi connectivity index (χ0v) is 21.3. The number of hydrogen-bond acceptors (Lipinski definition) is 2. The lowest BCUT2D eigenvalue weighted by Crippen LogP contribution is -2.38.